The Kier molecular flexibility index (Phi) is 5.56. The molecule has 2 heterocycles. The Hall–Kier alpha value is -2.56. The summed E-state index contributed by atoms with van der Waals surface area (Å²) in [6, 6.07) is 11.9. The molecular weight excluding hydrogens is 338 g/mol. The summed E-state index contributed by atoms with van der Waals surface area (Å²) in [5.74, 6) is 1.22. The molecule has 142 valence electrons. The lowest BCUT2D eigenvalue weighted by molar-refractivity contribution is 0.196. The minimum atomic E-state index is -0.344. The highest BCUT2D eigenvalue weighted by Crippen LogP contribution is 2.32. The van der Waals surface area contributed by atoms with Crippen LogP contribution in [0.15, 0.2) is 42.6 Å². The number of benzene rings is 1. The first-order chi connectivity index (χ1) is 13.3. The maximum absolute atomic E-state index is 12.1. The summed E-state index contributed by atoms with van der Waals surface area (Å²) >= 11 is 0. The lowest BCUT2D eigenvalue weighted by Gasteiger charge is -2.21. The Balaban J connectivity index is 1.32. The zero-order valence-corrected chi connectivity index (χ0v) is 15.7. The Morgan fingerprint density at radius 2 is 2.07 bits per heavy atom. The molecule has 5 heteroatoms. The fraction of sp³-hybridized carbons (Fsp3) is 0.455. The van der Waals surface area contributed by atoms with Crippen molar-refractivity contribution in [3.63, 3.8) is 0 Å². The molecule has 1 amide bonds. The smallest absolute Gasteiger partial charge is 0.410 e. The summed E-state index contributed by atoms with van der Waals surface area (Å²) in [7, 11) is 0. The van der Waals surface area contributed by atoms with E-state index in [-0.39, 0.29) is 6.09 Å². The number of nitrogens with zero attached hydrogens (tertiary/aromatic N) is 2. The first-order valence-electron chi connectivity index (χ1n) is 10.0. The second kappa shape index (κ2) is 8.42. The van der Waals surface area contributed by atoms with Crippen LogP contribution in [0.25, 0.3) is 0 Å². The lowest BCUT2D eigenvalue weighted by Crippen LogP contribution is -2.32. The van der Waals surface area contributed by atoms with Gasteiger partial charge in [-0.2, -0.15) is 0 Å². The number of rotatable bonds is 5. The Bertz CT molecular complexity index is 772. The fourth-order valence-electron chi connectivity index (χ4n) is 4.12. The van der Waals surface area contributed by atoms with Crippen molar-refractivity contribution in [1.82, 2.24) is 10.3 Å². The van der Waals surface area contributed by atoms with Crippen molar-refractivity contribution in [1.29, 1.82) is 0 Å². The van der Waals surface area contributed by atoms with Crippen molar-refractivity contribution < 1.29 is 9.53 Å². The van der Waals surface area contributed by atoms with E-state index in [9.17, 15) is 4.79 Å². The normalized spacial score (nSPS) is 16.8. The van der Waals surface area contributed by atoms with Crippen molar-refractivity contribution in [3.8, 4) is 5.75 Å². The van der Waals surface area contributed by atoms with Gasteiger partial charge in [0.1, 0.15) is 5.75 Å². The van der Waals surface area contributed by atoms with Crippen molar-refractivity contribution in [2.75, 3.05) is 18.0 Å². The van der Waals surface area contributed by atoms with E-state index < -0.39 is 0 Å². The van der Waals surface area contributed by atoms with E-state index in [4.69, 9.17) is 4.74 Å². The van der Waals surface area contributed by atoms with Gasteiger partial charge in [0.25, 0.3) is 0 Å². The lowest BCUT2D eigenvalue weighted by atomic mass is 9.89. The molecule has 0 spiro atoms. The third-order valence-corrected chi connectivity index (χ3v) is 5.59. The Morgan fingerprint density at radius 3 is 2.89 bits per heavy atom. The van der Waals surface area contributed by atoms with Crippen LogP contribution in [-0.4, -0.2) is 24.2 Å². The largest absolute Gasteiger partial charge is 0.412 e. The highest BCUT2D eigenvalue weighted by atomic mass is 16.6. The van der Waals surface area contributed by atoms with Gasteiger partial charge >= 0.3 is 6.09 Å². The summed E-state index contributed by atoms with van der Waals surface area (Å²) in [6.45, 7) is 2.49. The van der Waals surface area contributed by atoms with Crippen LogP contribution in [0.5, 0.6) is 5.75 Å². The monoisotopic (exact) mass is 365 g/mol. The van der Waals surface area contributed by atoms with E-state index in [0.717, 1.165) is 31.7 Å². The maximum atomic E-state index is 12.1. The van der Waals surface area contributed by atoms with Crippen molar-refractivity contribution in [2.45, 2.75) is 45.1 Å². The number of amides is 1. The molecule has 27 heavy (non-hydrogen) atoms. The Morgan fingerprint density at radius 1 is 1.19 bits per heavy atom. The number of carbonyl (C=O) groups is 1. The van der Waals surface area contributed by atoms with Crippen molar-refractivity contribution in [3.05, 3.63) is 53.9 Å². The molecule has 2 aromatic rings. The summed E-state index contributed by atoms with van der Waals surface area (Å²) in [6.07, 6.45) is 8.76. The number of aromatic nitrogens is 1. The number of hydrogen-bond acceptors (Lipinski definition) is 4. The van der Waals surface area contributed by atoms with Crippen LogP contribution in [-0.2, 0) is 13.0 Å². The van der Waals surface area contributed by atoms with Crippen LogP contribution in [0.1, 0.15) is 43.4 Å². The highest BCUT2D eigenvalue weighted by molar-refractivity contribution is 5.71. The molecule has 0 bridgehead atoms. The molecule has 0 unspecified atom stereocenters. The summed E-state index contributed by atoms with van der Waals surface area (Å²) < 4.78 is 5.50. The number of ether oxygens (including phenoxy) is 1. The van der Waals surface area contributed by atoms with E-state index >= 15 is 0 Å². The maximum Gasteiger partial charge on any atom is 0.412 e. The molecule has 2 aliphatic rings. The third kappa shape index (κ3) is 4.59. The van der Waals surface area contributed by atoms with Crippen molar-refractivity contribution >= 4 is 11.8 Å². The number of hydrogen-bond donors (Lipinski definition) is 1. The molecule has 1 aromatic heterocycles. The molecule has 1 saturated carbocycles. The third-order valence-electron chi connectivity index (χ3n) is 5.59. The molecule has 1 fully saturated rings. The van der Waals surface area contributed by atoms with Gasteiger partial charge in [0.15, 0.2) is 0 Å². The second-order valence-corrected chi connectivity index (χ2v) is 7.56. The van der Waals surface area contributed by atoms with E-state index in [1.807, 2.05) is 36.5 Å². The zero-order valence-electron chi connectivity index (χ0n) is 15.7. The van der Waals surface area contributed by atoms with Gasteiger partial charge in [-0.1, -0.05) is 25.3 Å². The van der Waals surface area contributed by atoms with Crippen LogP contribution in [0, 0.1) is 5.92 Å². The van der Waals surface area contributed by atoms with Gasteiger partial charge in [0.05, 0.1) is 12.2 Å². The average Bonchev–Trinajstić information content (AvgIpc) is 3.10. The fourth-order valence-corrected chi connectivity index (χ4v) is 4.12. The number of pyridine rings is 1. The quantitative estimate of drug-likeness (QED) is 0.858. The molecule has 4 rings (SSSR count). The van der Waals surface area contributed by atoms with Crippen LogP contribution < -0.4 is 15.0 Å². The minimum absolute atomic E-state index is 0.344. The SMILES string of the molecule is O=C(NCC1CCCCC1)Oc1ccc2c(c1)CCN2Cc1ccccn1. The molecule has 1 N–H and O–H groups in total. The Labute approximate surface area is 160 Å². The zero-order chi connectivity index (χ0) is 18.5. The van der Waals surface area contributed by atoms with Gasteiger partial charge in [0, 0.05) is 25.0 Å². The van der Waals surface area contributed by atoms with Crippen LogP contribution in [0.3, 0.4) is 0 Å². The molecular formula is C22H27N3O2. The topological polar surface area (TPSA) is 54.5 Å². The van der Waals surface area contributed by atoms with Crippen molar-refractivity contribution in [2.24, 2.45) is 5.92 Å². The molecule has 5 nitrogen and oxygen atoms in total. The molecule has 0 atom stereocenters. The standard InChI is InChI=1S/C22H27N3O2/c26-22(24-15-17-6-2-1-3-7-17)27-20-9-10-21-18(14-20)11-13-25(21)16-19-8-4-5-12-23-19/h4-5,8-10,12,14,17H,1-3,6-7,11,13,15-16H2,(H,24,26). The predicted molar refractivity (Wildman–Crippen MR) is 106 cm³/mol. The molecule has 1 aliphatic carbocycles. The van der Waals surface area contributed by atoms with Gasteiger partial charge < -0.3 is 15.0 Å². The second-order valence-electron chi connectivity index (χ2n) is 7.56. The minimum Gasteiger partial charge on any atom is -0.410 e. The van der Waals surface area contributed by atoms with Gasteiger partial charge in [-0.05, 0) is 61.1 Å². The molecule has 0 saturated heterocycles. The van der Waals surface area contributed by atoms with E-state index in [0.29, 0.717) is 11.7 Å². The highest BCUT2D eigenvalue weighted by Gasteiger charge is 2.21. The number of carbonyl (C=O) groups excluding carboxylic acids is 1. The molecule has 1 aromatic carbocycles. The van der Waals surface area contributed by atoms with E-state index in [2.05, 4.69) is 21.3 Å². The average molecular weight is 365 g/mol. The van der Waals surface area contributed by atoms with Gasteiger partial charge in [0.2, 0.25) is 0 Å². The van der Waals surface area contributed by atoms with Crippen LogP contribution >= 0.6 is 0 Å². The van der Waals surface area contributed by atoms with E-state index in [1.54, 1.807) is 0 Å². The first-order valence-corrected chi connectivity index (χ1v) is 10.0. The number of nitrogens with one attached hydrogen (secondary N) is 1. The molecule has 1 aliphatic heterocycles. The van der Waals surface area contributed by atoms with Crippen LogP contribution in [0.2, 0.25) is 0 Å². The summed E-state index contributed by atoms with van der Waals surface area (Å²) in [5, 5.41) is 2.93. The number of fused-ring (bicyclic) bond motifs is 1. The predicted octanol–water partition coefficient (Wildman–Crippen LogP) is 4.31. The summed E-state index contributed by atoms with van der Waals surface area (Å²) in [5.41, 5.74) is 3.49. The number of anilines is 1. The van der Waals surface area contributed by atoms with Gasteiger partial charge in [-0.3, -0.25) is 4.98 Å². The first kappa shape index (κ1) is 17.8. The van der Waals surface area contributed by atoms with E-state index in [1.165, 1.54) is 43.4 Å². The van der Waals surface area contributed by atoms with Gasteiger partial charge in [-0.25, -0.2) is 4.79 Å². The van der Waals surface area contributed by atoms with Gasteiger partial charge in [-0.15, -0.1) is 0 Å². The molecule has 0 radical (unpaired) electrons. The van der Waals surface area contributed by atoms with Crippen LogP contribution in [0.4, 0.5) is 10.5 Å². The summed E-state index contributed by atoms with van der Waals surface area (Å²) in [4.78, 5) is 18.8.